The quantitative estimate of drug-likeness (QED) is 0.795. The van der Waals surface area contributed by atoms with Crippen molar-refractivity contribution in [2.45, 2.75) is 77.4 Å². The van der Waals surface area contributed by atoms with Crippen molar-refractivity contribution in [3.05, 3.63) is 0 Å². The minimum atomic E-state index is 0.476. The van der Waals surface area contributed by atoms with Gasteiger partial charge in [0.25, 0.3) is 0 Å². The fourth-order valence-electron chi connectivity index (χ4n) is 3.74. The molecule has 1 aliphatic carbocycles. The van der Waals surface area contributed by atoms with E-state index in [1.54, 1.807) is 0 Å². The maximum Gasteiger partial charge on any atom is 0.0249 e. The van der Waals surface area contributed by atoms with Crippen molar-refractivity contribution in [2.75, 3.05) is 13.1 Å². The predicted molar refractivity (Wildman–Crippen MR) is 74.3 cm³/mol. The molecule has 2 rings (SSSR count). The van der Waals surface area contributed by atoms with Crippen LogP contribution in [-0.4, -0.2) is 35.6 Å². The van der Waals surface area contributed by atoms with E-state index in [1.165, 1.54) is 45.2 Å². The lowest BCUT2D eigenvalue weighted by atomic mass is 9.79. The molecule has 1 saturated heterocycles. The first-order chi connectivity index (χ1) is 8.03. The molecule has 1 aliphatic heterocycles. The summed E-state index contributed by atoms with van der Waals surface area (Å²) in [4.78, 5) is 2.85. The average molecular weight is 238 g/mol. The molecular formula is C15H30N2. The fourth-order valence-corrected chi connectivity index (χ4v) is 3.74. The zero-order valence-electron chi connectivity index (χ0n) is 12.1. The minimum absolute atomic E-state index is 0.476. The van der Waals surface area contributed by atoms with Gasteiger partial charge >= 0.3 is 0 Å². The summed E-state index contributed by atoms with van der Waals surface area (Å²) in [6, 6.07) is 1.39. The molecule has 0 bridgehead atoms. The molecule has 0 spiro atoms. The first-order valence-electron chi connectivity index (χ1n) is 7.53. The monoisotopic (exact) mass is 238 g/mol. The Morgan fingerprint density at radius 3 is 2.41 bits per heavy atom. The van der Waals surface area contributed by atoms with Crippen molar-refractivity contribution in [1.29, 1.82) is 0 Å². The third kappa shape index (κ3) is 2.85. The van der Waals surface area contributed by atoms with Crippen molar-refractivity contribution < 1.29 is 0 Å². The molecule has 0 radical (unpaired) electrons. The number of rotatable bonds is 2. The predicted octanol–water partition coefficient (Wildman–Crippen LogP) is 3.03. The van der Waals surface area contributed by atoms with Gasteiger partial charge < -0.3 is 5.32 Å². The molecule has 1 heterocycles. The van der Waals surface area contributed by atoms with Crippen LogP contribution in [0.5, 0.6) is 0 Å². The third-order valence-corrected chi connectivity index (χ3v) is 4.94. The standard InChI is InChI=1S/C15H30N2/c1-12(2)14-10-16-13(3)11-17(14)15(4)8-6-5-7-9-15/h12-14,16H,5-11H2,1-4H3. The highest BCUT2D eigenvalue weighted by molar-refractivity contribution is 4.97. The van der Waals surface area contributed by atoms with Crippen LogP contribution in [0.25, 0.3) is 0 Å². The number of piperazine rings is 1. The molecule has 100 valence electrons. The summed E-state index contributed by atoms with van der Waals surface area (Å²) in [5, 5.41) is 3.66. The van der Waals surface area contributed by atoms with Crippen LogP contribution in [0.1, 0.15) is 59.8 Å². The van der Waals surface area contributed by atoms with Gasteiger partial charge in [-0.25, -0.2) is 0 Å². The van der Waals surface area contributed by atoms with Crippen molar-refractivity contribution in [2.24, 2.45) is 5.92 Å². The molecule has 0 amide bonds. The summed E-state index contributed by atoms with van der Waals surface area (Å²) in [6.07, 6.45) is 7.12. The smallest absolute Gasteiger partial charge is 0.0249 e. The molecule has 17 heavy (non-hydrogen) atoms. The summed E-state index contributed by atoms with van der Waals surface area (Å²) in [5.41, 5.74) is 0.476. The van der Waals surface area contributed by atoms with Crippen LogP contribution in [-0.2, 0) is 0 Å². The Morgan fingerprint density at radius 1 is 1.18 bits per heavy atom. The minimum Gasteiger partial charge on any atom is -0.311 e. The normalized spacial score (nSPS) is 35.1. The molecule has 2 fully saturated rings. The summed E-state index contributed by atoms with van der Waals surface area (Å²) < 4.78 is 0. The van der Waals surface area contributed by atoms with Gasteiger partial charge in [0.05, 0.1) is 0 Å². The molecule has 2 heteroatoms. The Labute approximate surface area is 107 Å². The molecule has 1 N–H and O–H groups in total. The number of nitrogens with zero attached hydrogens (tertiary/aromatic N) is 1. The van der Waals surface area contributed by atoms with Crippen molar-refractivity contribution in [3.63, 3.8) is 0 Å². The van der Waals surface area contributed by atoms with Crippen LogP contribution in [0.4, 0.5) is 0 Å². The van der Waals surface area contributed by atoms with E-state index >= 15 is 0 Å². The van der Waals surface area contributed by atoms with Gasteiger partial charge in [0, 0.05) is 30.7 Å². The molecular weight excluding hydrogens is 208 g/mol. The molecule has 2 atom stereocenters. The molecule has 0 aromatic rings. The van der Waals surface area contributed by atoms with Gasteiger partial charge in [-0.05, 0) is 32.6 Å². The summed E-state index contributed by atoms with van der Waals surface area (Å²) in [6.45, 7) is 12.0. The highest BCUT2D eigenvalue weighted by Gasteiger charge is 2.40. The van der Waals surface area contributed by atoms with Gasteiger partial charge in [-0.3, -0.25) is 4.90 Å². The van der Waals surface area contributed by atoms with Crippen LogP contribution in [0.15, 0.2) is 0 Å². The van der Waals surface area contributed by atoms with Crippen LogP contribution in [0, 0.1) is 5.92 Å². The van der Waals surface area contributed by atoms with E-state index in [-0.39, 0.29) is 0 Å². The van der Waals surface area contributed by atoms with Gasteiger partial charge in [-0.15, -0.1) is 0 Å². The van der Waals surface area contributed by atoms with E-state index in [4.69, 9.17) is 0 Å². The Morgan fingerprint density at radius 2 is 1.82 bits per heavy atom. The van der Waals surface area contributed by atoms with Crippen molar-refractivity contribution >= 4 is 0 Å². The van der Waals surface area contributed by atoms with Gasteiger partial charge in [-0.2, -0.15) is 0 Å². The number of nitrogens with one attached hydrogen (secondary N) is 1. The van der Waals surface area contributed by atoms with Gasteiger partial charge in [0.1, 0.15) is 0 Å². The SMILES string of the molecule is CC1CN(C2(C)CCCCC2)C(C(C)C)CN1. The largest absolute Gasteiger partial charge is 0.311 e. The van der Waals surface area contributed by atoms with Gasteiger partial charge in [-0.1, -0.05) is 33.1 Å². The maximum absolute atomic E-state index is 3.66. The van der Waals surface area contributed by atoms with Crippen LogP contribution in [0.3, 0.4) is 0 Å². The summed E-state index contributed by atoms with van der Waals surface area (Å²) in [5.74, 6) is 0.758. The lowest BCUT2D eigenvalue weighted by Gasteiger charge is -2.53. The van der Waals surface area contributed by atoms with Crippen LogP contribution < -0.4 is 5.32 Å². The Bertz CT molecular complexity index is 243. The van der Waals surface area contributed by atoms with E-state index in [0.717, 1.165) is 12.0 Å². The Hall–Kier alpha value is -0.0800. The number of hydrogen-bond acceptors (Lipinski definition) is 2. The second-order valence-corrected chi connectivity index (χ2v) is 6.83. The first-order valence-corrected chi connectivity index (χ1v) is 7.53. The van der Waals surface area contributed by atoms with E-state index in [0.29, 0.717) is 11.6 Å². The highest BCUT2D eigenvalue weighted by Crippen LogP contribution is 2.36. The second kappa shape index (κ2) is 5.27. The van der Waals surface area contributed by atoms with Crippen LogP contribution >= 0.6 is 0 Å². The van der Waals surface area contributed by atoms with E-state index < -0.39 is 0 Å². The van der Waals surface area contributed by atoms with Crippen LogP contribution in [0.2, 0.25) is 0 Å². The van der Waals surface area contributed by atoms with E-state index in [1.807, 2.05) is 0 Å². The van der Waals surface area contributed by atoms with E-state index in [2.05, 4.69) is 37.9 Å². The first kappa shape index (κ1) is 13.4. The van der Waals surface area contributed by atoms with E-state index in [9.17, 15) is 0 Å². The topological polar surface area (TPSA) is 15.3 Å². The lowest BCUT2D eigenvalue weighted by molar-refractivity contribution is -0.0174. The van der Waals surface area contributed by atoms with Crippen molar-refractivity contribution in [1.82, 2.24) is 10.2 Å². The third-order valence-electron chi connectivity index (χ3n) is 4.94. The molecule has 0 aromatic heterocycles. The zero-order valence-corrected chi connectivity index (χ0v) is 12.1. The van der Waals surface area contributed by atoms with Gasteiger partial charge in [0.15, 0.2) is 0 Å². The van der Waals surface area contributed by atoms with Gasteiger partial charge in [0.2, 0.25) is 0 Å². The average Bonchev–Trinajstić information content (AvgIpc) is 2.29. The Kier molecular flexibility index (Phi) is 4.14. The van der Waals surface area contributed by atoms with Crippen molar-refractivity contribution in [3.8, 4) is 0 Å². The lowest BCUT2D eigenvalue weighted by Crippen LogP contribution is -2.64. The Balaban J connectivity index is 2.12. The molecule has 0 aromatic carbocycles. The fraction of sp³-hybridized carbons (Fsp3) is 1.00. The molecule has 1 saturated carbocycles. The molecule has 2 aliphatic rings. The molecule has 2 unspecified atom stereocenters. The second-order valence-electron chi connectivity index (χ2n) is 6.83. The zero-order chi connectivity index (χ0) is 12.5. The highest BCUT2D eigenvalue weighted by atomic mass is 15.3. The maximum atomic E-state index is 3.66. The summed E-state index contributed by atoms with van der Waals surface area (Å²) >= 11 is 0. The summed E-state index contributed by atoms with van der Waals surface area (Å²) in [7, 11) is 0. The number of hydrogen-bond donors (Lipinski definition) is 1. The molecule has 2 nitrogen and oxygen atoms in total.